The molecule has 4 nitrogen and oxygen atoms in total. The van der Waals surface area contributed by atoms with Crippen LogP contribution in [0.4, 0.5) is 19.0 Å². The quantitative estimate of drug-likeness (QED) is 0.761. The fourth-order valence-electron chi connectivity index (χ4n) is 1.07. The van der Waals surface area contributed by atoms with Gasteiger partial charge in [-0.15, -0.1) is 0 Å². The Kier molecular flexibility index (Phi) is 3.83. The van der Waals surface area contributed by atoms with Crippen molar-refractivity contribution < 1.29 is 18.0 Å². The van der Waals surface area contributed by atoms with Crippen LogP contribution in [0.1, 0.15) is 10.4 Å². The molecule has 1 rings (SSSR count). The zero-order chi connectivity index (χ0) is 12.2. The SMILES string of the molecule is Nc1ncccc1C(=O)CNCC(F)(F)F. The molecule has 0 saturated carbocycles. The number of carbonyl (C=O) groups excluding carboxylic acids is 1. The van der Waals surface area contributed by atoms with Crippen LogP contribution < -0.4 is 11.1 Å². The Hall–Kier alpha value is -1.63. The molecule has 0 aliphatic carbocycles. The van der Waals surface area contributed by atoms with E-state index in [0.717, 1.165) is 0 Å². The standard InChI is InChI=1S/C9H10F3N3O/c10-9(11,12)5-14-4-7(16)6-2-1-3-15-8(6)13/h1-3,14H,4-5H2,(H2,13,15). The Morgan fingerprint density at radius 2 is 2.19 bits per heavy atom. The highest BCUT2D eigenvalue weighted by molar-refractivity contribution is 6.01. The van der Waals surface area contributed by atoms with Crippen LogP contribution in [0.5, 0.6) is 0 Å². The van der Waals surface area contributed by atoms with E-state index in [1.807, 2.05) is 5.32 Å². The molecule has 16 heavy (non-hydrogen) atoms. The predicted molar refractivity (Wildman–Crippen MR) is 51.9 cm³/mol. The Morgan fingerprint density at radius 3 is 2.75 bits per heavy atom. The molecular formula is C9H10F3N3O. The number of ketones is 1. The molecule has 0 atom stereocenters. The zero-order valence-electron chi connectivity index (χ0n) is 8.21. The number of anilines is 1. The number of pyridine rings is 1. The van der Waals surface area contributed by atoms with Crippen LogP contribution in [0.3, 0.4) is 0 Å². The van der Waals surface area contributed by atoms with Crippen LogP contribution in [-0.2, 0) is 0 Å². The summed E-state index contributed by atoms with van der Waals surface area (Å²) in [6.07, 6.45) is -2.93. The third-order valence-electron chi connectivity index (χ3n) is 1.75. The first-order valence-electron chi connectivity index (χ1n) is 4.41. The number of hydrogen-bond donors (Lipinski definition) is 2. The highest BCUT2D eigenvalue weighted by Crippen LogP contribution is 2.12. The van der Waals surface area contributed by atoms with Crippen molar-refractivity contribution in [2.75, 3.05) is 18.8 Å². The lowest BCUT2D eigenvalue weighted by atomic mass is 10.1. The van der Waals surface area contributed by atoms with Crippen molar-refractivity contribution in [1.29, 1.82) is 0 Å². The molecule has 0 aliphatic rings. The van der Waals surface area contributed by atoms with Crippen molar-refractivity contribution in [2.45, 2.75) is 6.18 Å². The van der Waals surface area contributed by atoms with Crippen LogP contribution in [0.2, 0.25) is 0 Å². The number of aromatic nitrogens is 1. The molecule has 0 unspecified atom stereocenters. The molecule has 1 heterocycles. The molecular weight excluding hydrogens is 223 g/mol. The van der Waals surface area contributed by atoms with Crippen molar-refractivity contribution >= 4 is 11.6 Å². The average Bonchev–Trinajstić information content (AvgIpc) is 2.16. The number of hydrogen-bond acceptors (Lipinski definition) is 4. The second-order valence-corrected chi connectivity index (χ2v) is 3.08. The normalized spacial score (nSPS) is 11.4. The molecule has 3 N–H and O–H groups in total. The van der Waals surface area contributed by atoms with E-state index in [0.29, 0.717) is 0 Å². The van der Waals surface area contributed by atoms with Gasteiger partial charge in [0.05, 0.1) is 18.7 Å². The van der Waals surface area contributed by atoms with Gasteiger partial charge in [-0.25, -0.2) is 4.98 Å². The number of alkyl halides is 3. The first-order valence-corrected chi connectivity index (χ1v) is 4.41. The molecule has 1 aromatic rings. The van der Waals surface area contributed by atoms with Crippen molar-refractivity contribution in [2.24, 2.45) is 0 Å². The summed E-state index contributed by atoms with van der Waals surface area (Å²) in [4.78, 5) is 15.1. The van der Waals surface area contributed by atoms with Gasteiger partial charge in [0.25, 0.3) is 0 Å². The lowest BCUT2D eigenvalue weighted by molar-refractivity contribution is -0.124. The number of rotatable bonds is 4. The summed E-state index contributed by atoms with van der Waals surface area (Å²) in [7, 11) is 0. The van der Waals surface area contributed by atoms with Gasteiger partial charge in [-0.1, -0.05) is 0 Å². The van der Waals surface area contributed by atoms with Gasteiger partial charge < -0.3 is 11.1 Å². The van der Waals surface area contributed by atoms with E-state index in [9.17, 15) is 18.0 Å². The average molecular weight is 233 g/mol. The van der Waals surface area contributed by atoms with Crippen molar-refractivity contribution in [3.63, 3.8) is 0 Å². The van der Waals surface area contributed by atoms with E-state index in [2.05, 4.69) is 4.98 Å². The molecule has 0 fully saturated rings. The summed E-state index contributed by atoms with van der Waals surface area (Å²) < 4.78 is 35.3. The Morgan fingerprint density at radius 1 is 1.50 bits per heavy atom. The topological polar surface area (TPSA) is 68.0 Å². The summed E-state index contributed by atoms with van der Waals surface area (Å²) in [5, 5.41) is 1.99. The molecule has 0 amide bonds. The van der Waals surface area contributed by atoms with Gasteiger partial charge >= 0.3 is 6.18 Å². The number of nitrogens with one attached hydrogen (secondary N) is 1. The summed E-state index contributed by atoms with van der Waals surface area (Å²) in [6, 6.07) is 2.91. The minimum atomic E-state index is -4.33. The summed E-state index contributed by atoms with van der Waals surface area (Å²) >= 11 is 0. The largest absolute Gasteiger partial charge is 0.401 e. The van der Waals surface area contributed by atoms with Gasteiger partial charge in [0, 0.05) is 6.20 Å². The fraction of sp³-hybridized carbons (Fsp3) is 0.333. The third kappa shape index (κ3) is 3.85. The van der Waals surface area contributed by atoms with E-state index in [1.165, 1.54) is 18.3 Å². The van der Waals surface area contributed by atoms with Gasteiger partial charge in [0.15, 0.2) is 5.78 Å². The number of nitrogen functional groups attached to an aromatic ring is 1. The van der Waals surface area contributed by atoms with Crippen LogP contribution in [0.15, 0.2) is 18.3 Å². The second kappa shape index (κ2) is 4.93. The van der Waals surface area contributed by atoms with Gasteiger partial charge in [0.1, 0.15) is 5.82 Å². The van der Waals surface area contributed by atoms with Crippen molar-refractivity contribution in [3.8, 4) is 0 Å². The predicted octanol–water partition coefficient (Wildman–Crippen LogP) is 0.998. The molecule has 7 heteroatoms. The minimum Gasteiger partial charge on any atom is -0.383 e. The molecule has 0 bridgehead atoms. The lowest BCUT2D eigenvalue weighted by Crippen LogP contribution is -2.33. The van der Waals surface area contributed by atoms with E-state index in [1.54, 1.807) is 0 Å². The summed E-state index contributed by atoms with van der Waals surface area (Å²) in [6.45, 7) is -1.63. The summed E-state index contributed by atoms with van der Waals surface area (Å²) in [5.74, 6) is -0.504. The van der Waals surface area contributed by atoms with Crippen LogP contribution >= 0.6 is 0 Å². The molecule has 88 valence electrons. The maximum atomic E-state index is 11.8. The molecule has 0 spiro atoms. The smallest absolute Gasteiger partial charge is 0.383 e. The monoisotopic (exact) mass is 233 g/mol. The van der Waals surface area contributed by atoms with E-state index in [4.69, 9.17) is 5.73 Å². The Bertz CT molecular complexity index is 379. The molecule has 0 aromatic carbocycles. The van der Waals surface area contributed by atoms with Crippen molar-refractivity contribution in [3.05, 3.63) is 23.9 Å². The van der Waals surface area contributed by atoms with Crippen LogP contribution in [-0.4, -0.2) is 30.0 Å². The Balaban J connectivity index is 2.51. The van der Waals surface area contributed by atoms with Crippen LogP contribution in [0.25, 0.3) is 0 Å². The van der Waals surface area contributed by atoms with Gasteiger partial charge in [-0.05, 0) is 12.1 Å². The third-order valence-corrected chi connectivity index (χ3v) is 1.75. The number of halogens is 3. The second-order valence-electron chi connectivity index (χ2n) is 3.08. The molecule has 0 radical (unpaired) electrons. The molecule has 0 saturated heterocycles. The Labute approximate surface area is 89.7 Å². The van der Waals surface area contributed by atoms with Gasteiger partial charge in [-0.2, -0.15) is 13.2 Å². The summed E-state index contributed by atoms with van der Waals surface area (Å²) in [5.41, 5.74) is 5.52. The van der Waals surface area contributed by atoms with Crippen LogP contribution in [0, 0.1) is 0 Å². The van der Waals surface area contributed by atoms with E-state index >= 15 is 0 Å². The number of carbonyl (C=O) groups is 1. The highest BCUT2D eigenvalue weighted by Gasteiger charge is 2.26. The zero-order valence-corrected chi connectivity index (χ0v) is 8.21. The van der Waals surface area contributed by atoms with E-state index < -0.39 is 25.0 Å². The molecule has 0 aliphatic heterocycles. The lowest BCUT2D eigenvalue weighted by Gasteiger charge is -2.08. The van der Waals surface area contributed by atoms with Crippen molar-refractivity contribution in [1.82, 2.24) is 10.3 Å². The maximum absolute atomic E-state index is 11.8. The van der Waals surface area contributed by atoms with Gasteiger partial charge in [-0.3, -0.25) is 4.79 Å². The van der Waals surface area contributed by atoms with Gasteiger partial charge in [0.2, 0.25) is 0 Å². The molecule has 1 aromatic heterocycles. The highest BCUT2D eigenvalue weighted by atomic mass is 19.4. The maximum Gasteiger partial charge on any atom is 0.401 e. The number of nitrogens with zero attached hydrogens (tertiary/aromatic N) is 1. The first kappa shape index (κ1) is 12.4. The fourth-order valence-corrected chi connectivity index (χ4v) is 1.07. The minimum absolute atomic E-state index is 0.0151. The number of Topliss-reactive ketones (excluding diaryl/α,β-unsaturated/α-hetero) is 1. The number of nitrogens with two attached hydrogens (primary N) is 1. The first-order chi connectivity index (χ1) is 7.40. The van der Waals surface area contributed by atoms with E-state index in [-0.39, 0.29) is 11.4 Å².